The summed E-state index contributed by atoms with van der Waals surface area (Å²) in [5.41, 5.74) is 7.75. The zero-order valence-electron chi connectivity index (χ0n) is 11.3. The van der Waals surface area contributed by atoms with Crippen LogP contribution in [0.4, 0.5) is 0 Å². The fourth-order valence-electron chi connectivity index (χ4n) is 2.74. The van der Waals surface area contributed by atoms with Gasteiger partial charge in [-0.1, -0.05) is 13.8 Å². The van der Waals surface area contributed by atoms with Crippen LogP contribution in [0.5, 0.6) is 0 Å². The van der Waals surface area contributed by atoms with Crippen molar-refractivity contribution < 1.29 is 4.74 Å². The van der Waals surface area contributed by atoms with E-state index in [9.17, 15) is 0 Å². The molecule has 3 nitrogen and oxygen atoms in total. The highest BCUT2D eigenvalue weighted by Crippen LogP contribution is 2.30. The summed E-state index contributed by atoms with van der Waals surface area (Å²) in [6.45, 7) is 7.06. The van der Waals surface area contributed by atoms with Gasteiger partial charge in [-0.25, -0.2) is 0 Å². The molecule has 2 rings (SSSR count). The molecule has 0 spiro atoms. The smallest absolute Gasteiger partial charge is 0.0622 e. The predicted octanol–water partition coefficient (Wildman–Crippen LogP) is 2.64. The van der Waals surface area contributed by atoms with Gasteiger partial charge in [0.2, 0.25) is 0 Å². The van der Waals surface area contributed by atoms with Crippen molar-refractivity contribution in [3.63, 3.8) is 0 Å². The zero-order valence-corrected chi connectivity index (χ0v) is 12.2. The Morgan fingerprint density at radius 2 is 2.39 bits per heavy atom. The summed E-state index contributed by atoms with van der Waals surface area (Å²) in [6.07, 6.45) is 2.13. The first-order chi connectivity index (χ1) is 8.77. The minimum absolute atomic E-state index is 0.201. The van der Waals surface area contributed by atoms with Gasteiger partial charge in [-0.15, -0.1) is 0 Å². The largest absolute Gasteiger partial charge is 0.378 e. The normalized spacial score (nSPS) is 24.9. The Morgan fingerprint density at radius 3 is 3.00 bits per heavy atom. The molecule has 1 aromatic heterocycles. The molecule has 1 aromatic rings. The van der Waals surface area contributed by atoms with E-state index in [0.29, 0.717) is 12.1 Å². The van der Waals surface area contributed by atoms with Crippen molar-refractivity contribution in [2.45, 2.75) is 44.8 Å². The molecule has 1 aliphatic rings. The minimum Gasteiger partial charge on any atom is -0.378 e. The van der Waals surface area contributed by atoms with Crippen LogP contribution in [0.2, 0.25) is 0 Å². The Hall–Kier alpha value is -0.420. The molecule has 3 atom stereocenters. The third-order valence-electron chi connectivity index (χ3n) is 3.86. The minimum atomic E-state index is 0.201. The summed E-state index contributed by atoms with van der Waals surface area (Å²) < 4.78 is 5.60. The molecule has 0 amide bonds. The van der Waals surface area contributed by atoms with E-state index >= 15 is 0 Å². The Kier molecular flexibility index (Phi) is 5.18. The molecule has 0 radical (unpaired) electrons. The lowest BCUT2D eigenvalue weighted by atomic mass is 9.96. The van der Waals surface area contributed by atoms with Gasteiger partial charge in [0, 0.05) is 18.6 Å². The topological polar surface area (TPSA) is 38.5 Å². The maximum atomic E-state index is 6.38. The van der Waals surface area contributed by atoms with Gasteiger partial charge < -0.3 is 10.5 Å². The van der Waals surface area contributed by atoms with E-state index in [1.165, 1.54) is 5.56 Å². The summed E-state index contributed by atoms with van der Waals surface area (Å²) in [5, 5.41) is 4.38. The standard InChI is InChI=1S/C14H24N2OS/c1-3-12-9-17-7-6-16(12)14(13(15)4-2)11-5-8-18-10-11/h5,8,10,12-14H,3-4,6-7,9,15H2,1-2H3. The van der Waals surface area contributed by atoms with E-state index in [2.05, 4.69) is 35.6 Å². The molecule has 0 bridgehead atoms. The molecule has 1 aliphatic heterocycles. The molecule has 2 N–H and O–H groups in total. The molecule has 0 aromatic carbocycles. The summed E-state index contributed by atoms with van der Waals surface area (Å²) in [6, 6.07) is 3.26. The summed E-state index contributed by atoms with van der Waals surface area (Å²) in [5.74, 6) is 0. The molecule has 102 valence electrons. The highest BCUT2D eigenvalue weighted by molar-refractivity contribution is 7.07. The van der Waals surface area contributed by atoms with Crippen molar-refractivity contribution in [1.29, 1.82) is 0 Å². The summed E-state index contributed by atoms with van der Waals surface area (Å²) in [7, 11) is 0. The first kappa shape index (κ1) is 14.0. The number of hydrogen-bond donors (Lipinski definition) is 1. The van der Waals surface area contributed by atoms with Crippen molar-refractivity contribution in [2.24, 2.45) is 5.73 Å². The van der Waals surface area contributed by atoms with E-state index < -0.39 is 0 Å². The number of nitrogens with zero attached hydrogens (tertiary/aromatic N) is 1. The number of hydrogen-bond acceptors (Lipinski definition) is 4. The van der Waals surface area contributed by atoms with Crippen molar-refractivity contribution >= 4 is 11.3 Å². The average Bonchev–Trinajstić information content (AvgIpc) is 2.93. The summed E-state index contributed by atoms with van der Waals surface area (Å²) >= 11 is 1.76. The lowest BCUT2D eigenvalue weighted by Crippen LogP contribution is -2.51. The van der Waals surface area contributed by atoms with Crippen LogP contribution < -0.4 is 5.73 Å². The molecular weight excluding hydrogens is 244 g/mol. The lowest BCUT2D eigenvalue weighted by Gasteiger charge is -2.42. The predicted molar refractivity (Wildman–Crippen MR) is 76.9 cm³/mol. The van der Waals surface area contributed by atoms with Crippen LogP contribution in [0.25, 0.3) is 0 Å². The van der Waals surface area contributed by atoms with Crippen LogP contribution in [-0.4, -0.2) is 36.7 Å². The highest BCUT2D eigenvalue weighted by atomic mass is 32.1. The van der Waals surface area contributed by atoms with E-state index in [0.717, 1.165) is 32.6 Å². The molecule has 1 saturated heterocycles. The van der Waals surface area contributed by atoms with Gasteiger partial charge in [-0.2, -0.15) is 11.3 Å². The number of nitrogens with two attached hydrogens (primary N) is 1. The second-order valence-corrected chi connectivity index (χ2v) is 5.73. The van der Waals surface area contributed by atoms with E-state index in [-0.39, 0.29) is 6.04 Å². The van der Waals surface area contributed by atoms with E-state index in [1.807, 2.05) is 0 Å². The molecule has 3 unspecified atom stereocenters. The van der Waals surface area contributed by atoms with Gasteiger partial charge in [0.1, 0.15) is 0 Å². The van der Waals surface area contributed by atoms with Crippen molar-refractivity contribution in [1.82, 2.24) is 4.90 Å². The Balaban J connectivity index is 2.22. The molecule has 4 heteroatoms. The zero-order chi connectivity index (χ0) is 13.0. The number of rotatable bonds is 5. The molecule has 2 heterocycles. The number of thiophene rings is 1. The van der Waals surface area contributed by atoms with Crippen LogP contribution in [0.15, 0.2) is 16.8 Å². The Bertz CT molecular complexity index is 342. The monoisotopic (exact) mass is 268 g/mol. The van der Waals surface area contributed by atoms with Gasteiger partial charge >= 0.3 is 0 Å². The fraction of sp³-hybridized carbons (Fsp3) is 0.714. The molecule has 0 aliphatic carbocycles. The average molecular weight is 268 g/mol. The lowest BCUT2D eigenvalue weighted by molar-refractivity contribution is -0.0361. The number of morpholine rings is 1. The van der Waals surface area contributed by atoms with E-state index in [1.54, 1.807) is 11.3 Å². The quantitative estimate of drug-likeness (QED) is 0.892. The summed E-state index contributed by atoms with van der Waals surface area (Å²) in [4.78, 5) is 2.56. The first-order valence-electron chi connectivity index (χ1n) is 6.89. The molecule has 1 fully saturated rings. The highest BCUT2D eigenvalue weighted by Gasteiger charge is 2.32. The van der Waals surface area contributed by atoms with Gasteiger partial charge in [0.05, 0.1) is 19.3 Å². The van der Waals surface area contributed by atoms with E-state index in [4.69, 9.17) is 10.5 Å². The van der Waals surface area contributed by atoms with Crippen LogP contribution in [0.1, 0.15) is 38.3 Å². The second kappa shape index (κ2) is 6.66. The fourth-order valence-corrected chi connectivity index (χ4v) is 3.43. The van der Waals surface area contributed by atoms with Gasteiger partial charge in [0.15, 0.2) is 0 Å². The SMILES string of the molecule is CCC(N)C(c1ccsc1)N1CCOCC1CC. The molecular formula is C14H24N2OS. The van der Waals surface area contributed by atoms with Crippen molar-refractivity contribution in [3.8, 4) is 0 Å². The van der Waals surface area contributed by atoms with Gasteiger partial charge in [-0.3, -0.25) is 4.90 Å². The second-order valence-electron chi connectivity index (χ2n) is 4.95. The maximum absolute atomic E-state index is 6.38. The third-order valence-corrected chi connectivity index (χ3v) is 4.56. The Morgan fingerprint density at radius 1 is 1.56 bits per heavy atom. The molecule has 0 saturated carbocycles. The van der Waals surface area contributed by atoms with Crippen molar-refractivity contribution in [3.05, 3.63) is 22.4 Å². The van der Waals surface area contributed by atoms with Crippen LogP contribution in [0, 0.1) is 0 Å². The van der Waals surface area contributed by atoms with Gasteiger partial charge in [0.25, 0.3) is 0 Å². The Labute approximate surface area is 114 Å². The van der Waals surface area contributed by atoms with Gasteiger partial charge in [-0.05, 0) is 35.2 Å². The van der Waals surface area contributed by atoms with Crippen LogP contribution >= 0.6 is 11.3 Å². The molecule has 18 heavy (non-hydrogen) atoms. The number of ether oxygens (including phenoxy) is 1. The third kappa shape index (κ3) is 2.94. The van der Waals surface area contributed by atoms with Crippen LogP contribution in [-0.2, 0) is 4.74 Å². The van der Waals surface area contributed by atoms with Crippen molar-refractivity contribution in [2.75, 3.05) is 19.8 Å². The van der Waals surface area contributed by atoms with Crippen LogP contribution in [0.3, 0.4) is 0 Å². The first-order valence-corrected chi connectivity index (χ1v) is 7.83. The maximum Gasteiger partial charge on any atom is 0.0622 e.